The van der Waals surface area contributed by atoms with Gasteiger partial charge in [-0.15, -0.1) is 0 Å². The standard InChI is InChI=1S/C28H34O4SSi/c1-5-15-25(26-27(31-26)33(29,30)22-16-9-6-10-17-22)32-34(28(2,3)4,23-18-11-7-12-19-23)24-20-13-8-14-21-24/h6-14,16-21,25-27H,5,15H2,1-4H3/t25-,26+,27+/m0/s1. The Kier molecular flexibility index (Phi) is 7.15. The van der Waals surface area contributed by atoms with Crippen LogP contribution in [0.4, 0.5) is 0 Å². The fourth-order valence-electron chi connectivity index (χ4n) is 4.86. The summed E-state index contributed by atoms with van der Waals surface area (Å²) in [5.41, 5.74) is -0.871. The molecule has 3 atom stereocenters. The zero-order valence-electron chi connectivity index (χ0n) is 20.3. The highest BCUT2D eigenvalue weighted by Crippen LogP contribution is 2.42. The molecular formula is C28H34O4SSi. The Morgan fingerprint density at radius 1 is 0.853 bits per heavy atom. The largest absolute Gasteiger partial charge is 0.402 e. The van der Waals surface area contributed by atoms with Gasteiger partial charge < -0.3 is 9.16 Å². The Balaban J connectivity index is 1.76. The van der Waals surface area contributed by atoms with E-state index in [0.717, 1.165) is 12.8 Å². The summed E-state index contributed by atoms with van der Waals surface area (Å²) in [6, 6.07) is 29.4. The first kappa shape index (κ1) is 24.9. The molecule has 0 N–H and O–H groups in total. The van der Waals surface area contributed by atoms with Crippen molar-refractivity contribution in [2.75, 3.05) is 0 Å². The lowest BCUT2D eigenvalue weighted by atomic mass is 10.1. The van der Waals surface area contributed by atoms with Crippen LogP contribution < -0.4 is 10.4 Å². The van der Waals surface area contributed by atoms with Crippen molar-refractivity contribution in [1.29, 1.82) is 0 Å². The van der Waals surface area contributed by atoms with Crippen molar-refractivity contribution in [2.45, 2.75) is 68.1 Å². The van der Waals surface area contributed by atoms with Crippen molar-refractivity contribution in [3.8, 4) is 0 Å². The highest BCUT2D eigenvalue weighted by molar-refractivity contribution is 7.92. The van der Waals surface area contributed by atoms with E-state index >= 15 is 0 Å². The Hall–Kier alpha value is -2.25. The summed E-state index contributed by atoms with van der Waals surface area (Å²) in [5, 5.41) is 2.17. The zero-order chi connectivity index (χ0) is 24.4. The van der Waals surface area contributed by atoms with Crippen molar-refractivity contribution in [3.05, 3.63) is 91.0 Å². The van der Waals surface area contributed by atoms with Crippen LogP contribution in [0, 0.1) is 0 Å². The first-order chi connectivity index (χ1) is 16.2. The van der Waals surface area contributed by atoms with Crippen molar-refractivity contribution < 1.29 is 17.6 Å². The molecule has 0 spiro atoms. The van der Waals surface area contributed by atoms with Crippen molar-refractivity contribution >= 4 is 28.5 Å². The number of hydrogen-bond acceptors (Lipinski definition) is 4. The number of hydrogen-bond donors (Lipinski definition) is 0. The molecule has 0 radical (unpaired) electrons. The molecule has 3 aromatic rings. The van der Waals surface area contributed by atoms with Crippen LogP contribution in [0.2, 0.25) is 5.04 Å². The molecule has 34 heavy (non-hydrogen) atoms. The first-order valence-electron chi connectivity index (χ1n) is 11.9. The number of epoxide rings is 1. The van der Waals surface area contributed by atoms with Gasteiger partial charge in [-0.05, 0) is 34.0 Å². The van der Waals surface area contributed by atoms with Gasteiger partial charge in [0.2, 0.25) is 9.84 Å². The van der Waals surface area contributed by atoms with Gasteiger partial charge in [-0.2, -0.15) is 0 Å². The fourth-order valence-corrected chi connectivity index (χ4v) is 11.2. The summed E-state index contributed by atoms with van der Waals surface area (Å²) in [5.74, 6) is 0. The number of rotatable bonds is 9. The van der Waals surface area contributed by atoms with E-state index in [-0.39, 0.29) is 11.1 Å². The second-order valence-electron chi connectivity index (χ2n) is 9.94. The molecule has 4 nitrogen and oxygen atoms in total. The summed E-state index contributed by atoms with van der Waals surface area (Å²) >= 11 is 0. The van der Waals surface area contributed by atoms with Gasteiger partial charge >= 0.3 is 0 Å². The minimum atomic E-state index is -3.59. The molecule has 1 aliphatic rings. The van der Waals surface area contributed by atoms with E-state index < -0.39 is 29.7 Å². The zero-order valence-corrected chi connectivity index (χ0v) is 22.2. The third-order valence-corrected chi connectivity index (χ3v) is 13.5. The van der Waals surface area contributed by atoms with Gasteiger partial charge in [0, 0.05) is 0 Å². The van der Waals surface area contributed by atoms with Crippen molar-refractivity contribution in [2.24, 2.45) is 0 Å². The normalized spacial score (nSPS) is 19.5. The predicted octanol–water partition coefficient (Wildman–Crippen LogP) is 4.93. The van der Waals surface area contributed by atoms with Crippen LogP contribution in [0.3, 0.4) is 0 Å². The molecular weight excluding hydrogens is 460 g/mol. The molecule has 180 valence electrons. The molecule has 3 aromatic carbocycles. The Morgan fingerprint density at radius 3 is 1.76 bits per heavy atom. The maximum atomic E-state index is 13.2. The van der Waals surface area contributed by atoms with Crippen LogP contribution in [-0.2, 0) is 19.0 Å². The van der Waals surface area contributed by atoms with E-state index in [1.54, 1.807) is 24.3 Å². The summed E-state index contributed by atoms with van der Waals surface area (Å²) in [6.45, 7) is 8.79. The van der Waals surface area contributed by atoms with Crippen LogP contribution in [0.5, 0.6) is 0 Å². The second-order valence-corrected chi connectivity index (χ2v) is 16.2. The molecule has 4 rings (SSSR count). The highest BCUT2D eigenvalue weighted by atomic mass is 32.2. The molecule has 6 heteroatoms. The lowest BCUT2D eigenvalue weighted by molar-refractivity contribution is 0.138. The van der Waals surface area contributed by atoms with Gasteiger partial charge in [0.15, 0.2) is 5.44 Å². The summed E-state index contributed by atoms with van der Waals surface area (Å²) < 4.78 is 39.6. The van der Waals surface area contributed by atoms with Crippen LogP contribution in [-0.4, -0.2) is 34.4 Å². The monoisotopic (exact) mass is 494 g/mol. The molecule has 1 fully saturated rings. The Morgan fingerprint density at radius 2 is 1.32 bits per heavy atom. The molecule has 0 aromatic heterocycles. The number of benzene rings is 3. The fraction of sp³-hybridized carbons (Fsp3) is 0.357. The summed E-state index contributed by atoms with van der Waals surface area (Å²) in [6.07, 6.45) is 0.808. The lowest BCUT2D eigenvalue weighted by Gasteiger charge is -2.45. The summed E-state index contributed by atoms with van der Waals surface area (Å²) in [4.78, 5) is 0.295. The quantitative estimate of drug-likeness (QED) is 0.313. The van der Waals surface area contributed by atoms with E-state index in [1.165, 1.54) is 10.4 Å². The SMILES string of the molecule is CCC[C@H](O[Si](c1ccccc1)(c1ccccc1)C(C)(C)C)[C@H]1O[C@@H]1S(=O)(=O)c1ccccc1. The Labute approximate surface area is 205 Å². The third kappa shape index (κ3) is 4.65. The number of ether oxygens (including phenoxy) is 1. The molecule has 1 heterocycles. The Bertz CT molecular complexity index is 1140. The second kappa shape index (κ2) is 9.78. The smallest absolute Gasteiger partial charge is 0.261 e. The first-order valence-corrected chi connectivity index (χ1v) is 15.4. The van der Waals surface area contributed by atoms with E-state index in [1.807, 2.05) is 18.2 Å². The van der Waals surface area contributed by atoms with Crippen LogP contribution in [0.15, 0.2) is 95.9 Å². The maximum absolute atomic E-state index is 13.2. The van der Waals surface area contributed by atoms with Crippen molar-refractivity contribution in [3.63, 3.8) is 0 Å². The maximum Gasteiger partial charge on any atom is 0.261 e. The average molecular weight is 495 g/mol. The van der Waals surface area contributed by atoms with Crippen LogP contribution >= 0.6 is 0 Å². The minimum absolute atomic E-state index is 0.190. The van der Waals surface area contributed by atoms with Gasteiger partial charge in [0.1, 0.15) is 6.10 Å². The summed E-state index contributed by atoms with van der Waals surface area (Å²) in [7, 11) is -6.40. The molecule has 1 aliphatic heterocycles. The molecule has 0 unspecified atom stereocenters. The van der Waals surface area contributed by atoms with E-state index in [2.05, 4.69) is 76.2 Å². The van der Waals surface area contributed by atoms with Gasteiger partial charge in [-0.25, -0.2) is 8.42 Å². The molecule has 0 bridgehead atoms. The third-order valence-electron chi connectivity index (χ3n) is 6.55. The topological polar surface area (TPSA) is 55.9 Å². The van der Waals surface area contributed by atoms with Crippen LogP contribution in [0.25, 0.3) is 0 Å². The van der Waals surface area contributed by atoms with E-state index in [9.17, 15) is 8.42 Å². The van der Waals surface area contributed by atoms with Gasteiger partial charge in [0.05, 0.1) is 11.0 Å². The van der Waals surface area contributed by atoms with E-state index in [4.69, 9.17) is 9.16 Å². The minimum Gasteiger partial charge on any atom is -0.402 e. The highest BCUT2D eigenvalue weighted by Gasteiger charge is 2.58. The lowest BCUT2D eigenvalue weighted by Crippen LogP contribution is -2.68. The molecule has 0 saturated carbocycles. The molecule has 1 saturated heterocycles. The molecule has 0 amide bonds. The molecule has 0 aliphatic carbocycles. The number of sulfone groups is 1. The van der Waals surface area contributed by atoms with Crippen molar-refractivity contribution in [1.82, 2.24) is 0 Å². The van der Waals surface area contributed by atoms with Gasteiger partial charge in [0.25, 0.3) is 8.32 Å². The van der Waals surface area contributed by atoms with E-state index in [0.29, 0.717) is 4.90 Å². The predicted molar refractivity (Wildman–Crippen MR) is 140 cm³/mol. The van der Waals surface area contributed by atoms with Gasteiger partial charge in [-0.1, -0.05) is 113 Å². The van der Waals surface area contributed by atoms with Crippen LogP contribution in [0.1, 0.15) is 40.5 Å². The average Bonchev–Trinajstić information content (AvgIpc) is 3.65. The van der Waals surface area contributed by atoms with Gasteiger partial charge in [-0.3, -0.25) is 0 Å².